The van der Waals surface area contributed by atoms with Crippen LogP contribution >= 0.6 is 0 Å². The number of phenols is 2. The molecule has 0 bridgehead atoms. The molecule has 0 saturated heterocycles. The minimum Gasteiger partial charge on any atom is -0.504 e. The third-order valence-corrected chi connectivity index (χ3v) is 3.62. The molecular weight excluding hydrogens is 334 g/mol. The van der Waals surface area contributed by atoms with Gasteiger partial charge in [-0.3, -0.25) is 4.79 Å². The van der Waals surface area contributed by atoms with E-state index in [1.54, 1.807) is 19.3 Å². The average Bonchev–Trinajstić information content (AvgIpc) is 2.64. The Morgan fingerprint density at radius 1 is 1.08 bits per heavy atom. The van der Waals surface area contributed by atoms with Crippen LogP contribution in [0, 0.1) is 0 Å². The molecule has 6 nitrogen and oxygen atoms in total. The lowest BCUT2D eigenvalue weighted by molar-refractivity contribution is -0.116. The number of methoxy groups -OCH3 is 1. The topological polar surface area (TPSA) is 88.0 Å². The number of nitrogens with one attached hydrogen (secondary N) is 1. The SMILES string of the molecule is COCCOc1ccc(CCNC(=O)/C=C/c2ccc(O)c(O)c2)cc1. The van der Waals surface area contributed by atoms with Gasteiger partial charge in [-0.25, -0.2) is 0 Å². The zero-order chi connectivity index (χ0) is 18.8. The molecule has 26 heavy (non-hydrogen) atoms. The third kappa shape index (κ3) is 6.49. The summed E-state index contributed by atoms with van der Waals surface area (Å²) in [5, 5.41) is 21.5. The lowest BCUT2D eigenvalue weighted by Gasteiger charge is -2.07. The van der Waals surface area contributed by atoms with Gasteiger partial charge in [0.2, 0.25) is 5.91 Å². The Bertz CT molecular complexity index is 740. The van der Waals surface area contributed by atoms with Crippen molar-refractivity contribution in [3.05, 3.63) is 59.7 Å². The van der Waals surface area contributed by atoms with Crippen molar-refractivity contribution in [3.63, 3.8) is 0 Å². The highest BCUT2D eigenvalue weighted by molar-refractivity contribution is 5.91. The first-order valence-electron chi connectivity index (χ1n) is 8.27. The lowest BCUT2D eigenvalue weighted by Crippen LogP contribution is -2.23. The molecule has 1 amide bonds. The number of rotatable bonds is 9. The molecule has 0 unspecified atom stereocenters. The van der Waals surface area contributed by atoms with E-state index < -0.39 is 0 Å². The molecule has 0 spiro atoms. The van der Waals surface area contributed by atoms with Gasteiger partial charge in [-0.1, -0.05) is 18.2 Å². The van der Waals surface area contributed by atoms with Crippen molar-refractivity contribution in [1.29, 1.82) is 0 Å². The van der Waals surface area contributed by atoms with Crippen LogP contribution in [0.25, 0.3) is 6.08 Å². The number of amides is 1. The summed E-state index contributed by atoms with van der Waals surface area (Å²) in [7, 11) is 1.63. The predicted molar refractivity (Wildman–Crippen MR) is 99.3 cm³/mol. The minimum atomic E-state index is -0.225. The third-order valence-electron chi connectivity index (χ3n) is 3.62. The molecule has 0 heterocycles. The predicted octanol–water partition coefficient (Wildman–Crippen LogP) is 2.50. The van der Waals surface area contributed by atoms with Crippen LogP contribution in [0.2, 0.25) is 0 Å². The normalized spacial score (nSPS) is 10.8. The van der Waals surface area contributed by atoms with Crippen molar-refractivity contribution < 1.29 is 24.5 Å². The Kier molecular flexibility index (Phi) is 7.51. The maximum absolute atomic E-state index is 11.8. The van der Waals surface area contributed by atoms with Gasteiger partial charge >= 0.3 is 0 Å². The number of carbonyl (C=O) groups excluding carboxylic acids is 1. The molecule has 6 heteroatoms. The van der Waals surface area contributed by atoms with Crippen molar-refractivity contribution in [2.24, 2.45) is 0 Å². The molecule has 2 rings (SSSR count). The number of hydrogen-bond acceptors (Lipinski definition) is 5. The highest BCUT2D eigenvalue weighted by Gasteiger charge is 2.00. The van der Waals surface area contributed by atoms with Crippen LogP contribution in [0.3, 0.4) is 0 Å². The van der Waals surface area contributed by atoms with Gasteiger partial charge in [0.1, 0.15) is 12.4 Å². The summed E-state index contributed by atoms with van der Waals surface area (Å²) in [5.74, 6) is 0.149. The average molecular weight is 357 g/mol. The molecular formula is C20H23NO5. The Labute approximate surface area is 152 Å². The van der Waals surface area contributed by atoms with Crippen LogP contribution in [0.4, 0.5) is 0 Å². The highest BCUT2D eigenvalue weighted by Crippen LogP contribution is 2.25. The first-order chi connectivity index (χ1) is 12.6. The van der Waals surface area contributed by atoms with Crippen molar-refractivity contribution in [1.82, 2.24) is 5.32 Å². The summed E-state index contributed by atoms with van der Waals surface area (Å²) in [6, 6.07) is 12.1. The van der Waals surface area contributed by atoms with Gasteiger partial charge < -0.3 is 25.0 Å². The number of phenolic OH excluding ortho intramolecular Hbond substituents is 2. The summed E-state index contributed by atoms with van der Waals surface area (Å²) in [5.41, 5.74) is 1.72. The fourth-order valence-corrected chi connectivity index (χ4v) is 2.20. The van der Waals surface area contributed by atoms with Gasteiger partial charge in [-0.15, -0.1) is 0 Å². The number of benzene rings is 2. The summed E-state index contributed by atoms with van der Waals surface area (Å²) >= 11 is 0. The van der Waals surface area contributed by atoms with Crippen molar-refractivity contribution in [2.75, 3.05) is 26.9 Å². The van der Waals surface area contributed by atoms with Crippen LogP contribution < -0.4 is 10.1 Å². The molecule has 0 atom stereocenters. The monoisotopic (exact) mass is 357 g/mol. The van der Waals surface area contributed by atoms with Gasteiger partial charge in [0.25, 0.3) is 0 Å². The van der Waals surface area contributed by atoms with Crippen LogP contribution in [0.1, 0.15) is 11.1 Å². The Morgan fingerprint density at radius 2 is 1.85 bits per heavy atom. The molecule has 3 N–H and O–H groups in total. The van der Waals surface area contributed by atoms with E-state index in [0.717, 1.165) is 11.3 Å². The Balaban J connectivity index is 1.73. The van der Waals surface area contributed by atoms with Crippen molar-refractivity contribution in [2.45, 2.75) is 6.42 Å². The second-order valence-electron chi connectivity index (χ2n) is 5.61. The van der Waals surface area contributed by atoms with E-state index >= 15 is 0 Å². The van der Waals surface area contributed by atoms with Crippen molar-refractivity contribution in [3.8, 4) is 17.2 Å². The second-order valence-corrected chi connectivity index (χ2v) is 5.61. The number of carbonyl (C=O) groups is 1. The molecule has 0 saturated carbocycles. The lowest BCUT2D eigenvalue weighted by atomic mass is 10.1. The van der Waals surface area contributed by atoms with E-state index in [-0.39, 0.29) is 17.4 Å². The van der Waals surface area contributed by atoms with E-state index in [1.165, 1.54) is 18.2 Å². The van der Waals surface area contributed by atoms with E-state index in [0.29, 0.717) is 31.7 Å². The minimum absolute atomic E-state index is 0.193. The Hall–Kier alpha value is -2.99. The molecule has 138 valence electrons. The second kappa shape index (κ2) is 10.1. The largest absolute Gasteiger partial charge is 0.504 e. The standard InChI is InChI=1S/C20H23NO5/c1-25-12-13-26-17-6-2-15(3-7-17)10-11-21-20(24)9-5-16-4-8-18(22)19(23)14-16/h2-9,14,22-23H,10-13H2,1H3,(H,21,24)/b9-5+. The first kappa shape index (κ1) is 19.3. The van der Waals surface area contributed by atoms with Gasteiger partial charge in [-0.2, -0.15) is 0 Å². The molecule has 2 aromatic carbocycles. The fourth-order valence-electron chi connectivity index (χ4n) is 2.20. The molecule has 2 aromatic rings. The van der Waals surface area contributed by atoms with E-state index in [4.69, 9.17) is 9.47 Å². The molecule has 0 aliphatic rings. The maximum Gasteiger partial charge on any atom is 0.244 e. The smallest absolute Gasteiger partial charge is 0.244 e. The van der Waals surface area contributed by atoms with Crippen LogP contribution in [0.15, 0.2) is 48.5 Å². The van der Waals surface area contributed by atoms with Crippen LogP contribution in [-0.2, 0) is 16.0 Å². The molecule has 0 aliphatic carbocycles. The summed E-state index contributed by atoms with van der Waals surface area (Å²) in [6.45, 7) is 1.57. The zero-order valence-corrected chi connectivity index (χ0v) is 14.6. The first-order valence-corrected chi connectivity index (χ1v) is 8.27. The van der Waals surface area contributed by atoms with E-state index in [2.05, 4.69) is 5.32 Å². The molecule has 0 aromatic heterocycles. The number of aromatic hydroxyl groups is 2. The molecule has 0 aliphatic heterocycles. The van der Waals surface area contributed by atoms with Crippen LogP contribution in [0.5, 0.6) is 17.2 Å². The van der Waals surface area contributed by atoms with Crippen LogP contribution in [-0.4, -0.2) is 43.0 Å². The van der Waals surface area contributed by atoms with E-state index in [9.17, 15) is 15.0 Å². The van der Waals surface area contributed by atoms with Gasteiger partial charge in [0.05, 0.1) is 6.61 Å². The summed E-state index contributed by atoms with van der Waals surface area (Å²) < 4.78 is 10.4. The fraction of sp³-hybridized carbons (Fsp3) is 0.250. The molecule has 0 radical (unpaired) electrons. The van der Waals surface area contributed by atoms with Crippen molar-refractivity contribution >= 4 is 12.0 Å². The maximum atomic E-state index is 11.8. The highest BCUT2D eigenvalue weighted by atomic mass is 16.5. The number of ether oxygens (including phenoxy) is 2. The summed E-state index contributed by atoms with van der Waals surface area (Å²) in [4.78, 5) is 11.8. The van der Waals surface area contributed by atoms with E-state index in [1.807, 2.05) is 24.3 Å². The van der Waals surface area contributed by atoms with Gasteiger partial charge in [0.15, 0.2) is 11.5 Å². The Morgan fingerprint density at radius 3 is 2.54 bits per heavy atom. The quantitative estimate of drug-likeness (QED) is 0.365. The van der Waals surface area contributed by atoms with Gasteiger partial charge in [-0.05, 0) is 47.9 Å². The van der Waals surface area contributed by atoms with Gasteiger partial charge in [0, 0.05) is 19.7 Å². The zero-order valence-electron chi connectivity index (χ0n) is 14.6. The number of hydrogen-bond donors (Lipinski definition) is 3. The molecule has 0 fully saturated rings. The summed E-state index contributed by atoms with van der Waals surface area (Å²) in [6.07, 6.45) is 3.66.